The second kappa shape index (κ2) is 7.10. The van der Waals surface area contributed by atoms with Gasteiger partial charge in [-0.15, -0.1) is 0 Å². The molecule has 2 heterocycles. The van der Waals surface area contributed by atoms with Crippen molar-refractivity contribution in [2.24, 2.45) is 5.11 Å². The van der Waals surface area contributed by atoms with Gasteiger partial charge in [0.05, 0.1) is 18.2 Å². The fraction of sp³-hybridized carbons (Fsp3) is 0.533. The summed E-state index contributed by atoms with van der Waals surface area (Å²) in [6.07, 6.45) is -0.0120. The molecular weight excluding hydrogens is 319 g/mol. The first kappa shape index (κ1) is 16.0. The SMILES string of the molecule is [N-]=[N+]=NCC1C[C@H](c2ccc(N3CCSCC3)c(F)c2)C(=O)O1. The zero-order valence-corrected chi connectivity index (χ0v) is 13.3. The molecule has 23 heavy (non-hydrogen) atoms. The molecule has 0 radical (unpaired) electrons. The Bertz CT molecular complexity index is 644. The standard InChI is InChI=1S/C15H17FN4O2S/c16-13-7-10(1-2-14(13)20-3-5-23-6-4-20)12-8-11(9-18-19-17)22-15(12)21/h1-2,7,11-12H,3-6,8-9H2/t11?,12-/m1/s1. The fourth-order valence-corrected chi connectivity index (χ4v) is 3.87. The average molecular weight is 336 g/mol. The Balaban J connectivity index is 1.74. The van der Waals surface area contributed by atoms with Crippen LogP contribution in [0.5, 0.6) is 0 Å². The van der Waals surface area contributed by atoms with Crippen LogP contribution in [0.15, 0.2) is 23.3 Å². The maximum atomic E-state index is 14.4. The normalized spacial score (nSPS) is 24.2. The molecule has 2 atom stereocenters. The van der Waals surface area contributed by atoms with Gasteiger partial charge in [-0.3, -0.25) is 4.79 Å². The van der Waals surface area contributed by atoms with Gasteiger partial charge < -0.3 is 9.64 Å². The van der Waals surface area contributed by atoms with Crippen molar-refractivity contribution < 1.29 is 13.9 Å². The van der Waals surface area contributed by atoms with Crippen LogP contribution in [0.2, 0.25) is 0 Å². The second-order valence-corrected chi connectivity index (χ2v) is 6.80. The molecule has 1 aromatic carbocycles. The van der Waals surface area contributed by atoms with Gasteiger partial charge in [0.25, 0.3) is 0 Å². The molecule has 2 aliphatic heterocycles. The molecule has 2 aliphatic rings. The molecule has 0 spiro atoms. The van der Waals surface area contributed by atoms with E-state index in [0.717, 1.165) is 24.6 Å². The van der Waals surface area contributed by atoms with Gasteiger partial charge >= 0.3 is 5.97 Å². The van der Waals surface area contributed by atoms with Gasteiger partial charge in [-0.2, -0.15) is 11.8 Å². The average Bonchev–Trinajstić information content (AvgIpc) is 2.94. The Morgan fingerprint density at radius 3 is 2.91 bits per heavy atom. The first-order valence-corrected chi connectivity index (χ1v) is 8.68. The highest BCUT2D eigenvalue weighted by Gasteiger charge is 2.35. The predicted octanol–water partition coefficient (Wildman–Crippen LogP) is 3.09. The van der Waals surface area contributed by atoms with Crippen molar-refractivity contribution in [1.29, 1.82) is 0 Å². The van der Waals surface area contributed by atoms with E-state index in [1.165, 1.54) is 6.07 Å². The van der Waals surface area contributed by atoms with Crippen LogP contribution in [0.25, 0.3) is 10.4 Å². The molecule has 122 valence electrons. The lowest BCUT2D eigenvalue weighted by atomic mass is 9.95. The number of carbonyl (C=O) groups excluding carboxylic acids is 1. The van der Waals surface area contributed by atoms with E-state index < -0.39 is 12.0 Å². The number of ether oxygens (including phenoxy) is 1. The van der Waals surface area contributed by atoms with E-state index >= 15 is 0 Å². The lowest BCUT2D eigenvalue weighted by molar-refractivity contribution is -0.142. The Kier molecular flexibility index (Phi) is 4.93. The molecule has 0 saturated carbocycles. The minimum Gasteiger partial charge on any atom is -0.462 e. The maximum absolute atomic E-state index is 14.4. The molecular formula is C15H17FN4O2S. The molecule has 0 N–H and O–H groups in total. The number of azide groups is 1. The van der Waals surface area contributed by atoms with Crippen LogP contribution in [0.1, 0.15) is 17.9 Å². The summed E-state index contributed by atoms with van der Waals surface area (Å²) in [5.41, 5.74) is 9.53. The van der Waals surface area contributed by atoms with Crippen LogP contribution < -0.4 is 4.90 Å². The van der Waals surface area contributed by atoms with Gasteiger partial charge in [0.1, 0.15) is 11.9 Å². The number of halogens is 1. The van der Waals surface area contributed by atoms with E-state index in [2.05, 4.69) is 10.0 Å². The van der Waals surface area contributed by atoms with Gasteiger partial charge in [-0.1, -0.05) is 11.2 Å². The summed E-state index contributed by atoms with van der Waals surface area (Å²) < 4.78 is 19.6. The number of thioether (sulfide) groups is 1. The van der Waals surface area contributed by atoms with Crippen molar-refractivity contribution in [3.05, 3.63) is 40.0 Å². The van der Waals surface area contributed by atoms with Crippen molar-refractivity contribution in [2.75, 3.05) is 36.0 Å². The number of carbonyl (C=O) groups is 1. The minimum absolute atomic E-state index is 0.116. The van der Waals surface area contributed by atoms with Gasteiger partial charge in [-0.25, -0.2) is 4.39 Å². The first-order chi connectivity index (χ1) is 11.2. The van der Waals surface area contributed by atoms with Crippen LogP contribution >= 0.6 is 11.8 Å². The maximum Gasteiger partial charge on any atom is 0.313 e. The van der Waals surface area contributed by atoms with E-state index in [1.807, 2.05) is 16.7 Å². The summed E-state index contributed by atoms with van der Waals surface area (Å²) in [6, 6.07) is 4.97. The molecule has 2 fully saturated rings. The third-order valence-corrected chi connectivity index (χ3v) is 5.08. The predicted molar refractivity (Wildman–Crippen MR) is 87.2 cm³/mol. The highest BCUT2D eigenvalue weighted by Crippen LogP contribution is 2.33. The number of rotatable bonds is 4. The fourth-order valence-electron chi connectivity index (χ4n) is 2.97. The molecule has 0 aromatic heterocycles. The Hall–Kier alpha value is -1.92. The summed E-state index contributed by atoms with van der Waals surface area (Å²) in [7, 11) is 0. The van der Waals surface area contributed by atoms with Crippen molar-refractivity contribution in [1.82, 2.24) is 0 Å². The van der Waals surface area contributed by atoms with Crippen molar-refractivity contribution in [2.45, 2.75) is 18.4 Å². The molecule has 3 rings (SSSR count). The quantitative estimate of drug-likeness (QED) is 0.366. The van der Waals surface area contributed by atoms with E-state index in [1.54, 1.807) is 12.1 Å². The largest absolute Gasteiger partial charge is 0.462 e. The smallest absolute Gasteiger partial charge is 0.313 e. The third kappa shape index (κ3) is 3.54. The minimum atomic E-state index is -0.491. The summed E-state index contributed by atoms with van der Waals surface area (Å²) in [5, 5.41) is 3.43. The zero-order chi connectivity index (χ0) is 16.2. The van der Waals surface area contributed by atoms with Crippen molar-refractivity contribution >= 4 is 23.4 Å². The zero-order valence-electron chi connectivity index (χ0n) is 12.5. The number of esters is 1. The summed E-state index contributed by atoms with van der Waals surface area (Å²) >= 11 is 1.87. The second-order valence-electron chi connectivity index (χ2n) is 5.57. The van der Waals surface area contributed by atoms with Crippen molar-refractivity contribution in [3.8, 4) is 0 Å². The van der Waals surface area contributed by atoms with Crippen LogP contribution in [-0.4, -0.2) is 43.2 Å². The molecule has 6 nitrogen and oxygen atoms in total. The number of hydrogen-bond acceptors (Lipinski definition) is 5. The summed E-state index contributed by atoms with van der Waals surface area (Å²) in [6.45, 7) is 1.78. The molecule has 0 amide bonds. The van der Waals surface area contributed by atoms with E-state index in [4.69, 9.17) is 10.3 Å². The van der Waals surface area contributed by atoms with E-state index in [-0.39, 0.29) is 18.3 Å². The van der Waals surface area contributed by atoms with Crippen LogP contribution in [-0.2, 0) is 9.53 Å². The molecule has 1 unspecified atom stereocenters. The van der Waals surface area contributed by atoms with Gasteiger partial charge in [-0.05, 0) is 23.2 Å². The van der Waals surface area contributed by atoms with E-state index in [9.17, 15) is 9.18 Å². The van der Waals surface area contributed by atoms with Gasteiger partial charge in [0.2, 0.25) is 0 Å². The number of cyclic esters (lactones) is 1. The lowest BCUT2D eigenvalue weighted by Gasteiger charge is -2.29. The van der Waals surface area contributed by atoms with Crippen molar-refractivity contribution in [3.63, 3.8) is 0 Å². The monoisotopic (exact) mass is 336 g/mol. The molecule has 0 bridgehead atoms. The Labute approximate surface area is 137 Å². The molecule has 2 saturated heterocycles. The molecule has 8 heteroatoms. The first-order valence-electron chi connectivity index (χ1n) is 7.52. The highest BCUT2D eigenvalue weighted by molar-refractivity contribution is 7.99. The number of hydrogen-bond donors (Lipinski definition) is 0. The van der Waals surface area contributed by atoms with Gasteiger partial charge in [0.15, 0.2) is 0 Å². The molecule has 0 aliphatic carbocycles. The van der Waals surface area contributed by atoms with E-state index in [0.29, 0.717) is 17.7 Å². The van der Waals surface area contributed by atoms with Gasteiger partial charge in [0, 0.05) is 35.9 Å². The Morgan fingerprint density at radius 1 is 1.43 bits per heavy atom. The number of anilines is 1. The third-order valence-electron chi connectivity index (χ3n) is 4.14. The summed E-state index contributed by atoms with van der Waals surface area (Å²) in [5.74, 6) is 0.814. The molecule has 1 aromatic rings. The lowest BCUT2D eigenvalue weighted by Crippen LogP contribution is -2.33. The highest BCUT2D eigenvalue weighted by atomic mass is 32.2. The summed E-state index contributed by atoms with van der Waals surface area (Å²) in [4.78, 5) is 16.7. The number of benzene rings is 1. The topological polar surface area (TPSA) is 78.3 Å². The van der Waals surface area contributed by atoms with Crippen LogP contribution in [0, 0.1) is 5.82 Å². The van der Waals surface area contributed by atoms with Crippen LogP contribution in [0.3, 0.4) is 0 Å². The number of nitrogens with zero attached hydrogens (tertiary/aromatic N) is 4. The Morgan fingerprint density at radius 2 is 2.22 bits per heavy atom. The van der Waals surface area contributed by atoms with Crippen LogP contribution in [0.4, 0.5) is 10.1 Å².